The molecule has 3 rings (SSSR count). The smallest absolute Gasteiger partial charge is 0.316 e. The molecule has 2 aromatic carbocycles. The van der Waals surface area contributed by atoms with Crippen LogP contribution >= 0.6 is 23.2 Å². The number of benzene rings is 2. The number of nitrogens with one attached hydrogen (secondary N) is 1. The average Bonchev–Trinajstić information content (AvgIpc) is 3.01. The third kappa shape index (κ3) is 3.49. The number of carbonyl (C=O) groups excluding carboxylic acids is 2. The van der Waals surface area contributed by atoms with Gasteiger partial charge in [-0.2, -0.15) is 5.10 Å². The molecule has 0 atom stereocenters. The topological polar surface area (TPSA) is 116 Å². The fraction of sp³-hybridized carbons (Fsp3) is 0. The van der Waals surface area contributed by atoms with Crippen LogP contribution in [0.15, 0.2) is 48.7 Å². The number of urea groups is 1. The van der Waals surface area contributed by atoms with Gasteiger partial charge >= 0.3 is 6.03 Å². The van der Waals surface area contributed by atoms with Gasteiger partial charge in [-0.05, 0) is 23.8 Å². The molecule has 9 heteroatoms. The first kappa shape index (κ1) is 17.8. The number of nitrogens with two attached hydrogens (primary N) is 2. The Morgan fingerprint density at radius 1 is 1.04 bits per heavy atom. The summed E-state index contributed by atoms with van der Waals surface area (Å²) in [5.74, 6) is -0.783. The lowest BCUT2D eigenvalue weighted by atomic mass is 10.1. The number of anilines is 1. The number of nitrogens with zero attached hydrogens (tertiary/aromatic N) is 2. The van der Waals surface area contributed by atoms with E-state index in [0.29, 0.717) is 15.7 Å². The second-order valence-electron chi connectivity index (χ2n) is 5.34. The molecule has 1 heterocycles. The molecule has 7 nitrogen and oxygen atoms in total. The lowest BCUT2D eigenvalue weighted by Gasteiger charge is -2.07. The third-order valence-corrected chi connectivity index (χ3v) is 4.42. The van der Waals surface area contributed by atoms with Gasteiger partial charge in [0.25, 0.3) is 5.91 Å². The molecule has 0 aliphatic heterocycles. The Kier molecular flexibility index (Phi) is 4.83. The van der Waals surface area contributed by atoms with Crippen molar-refractivity contribution in [3.63, 3.8) is 0 Å². The van der Waals surface area contributed by atoms with Gasteiger partial charge in [0.05, 0.1) is 27.6 Å². The predicted octanol–water partition coefficient (Wildman–Crippen LogP) is 3.44. The Hall–Kier alpha value is -3.03. The van der Waals surface area contributed by atoms with Crippen molar-refractivity contribution in [2.24, 2.45) is 11.5 Å². The van der Waals surface area contributed by atoms with Gasteiger partial charge in [-0.3, -0.25) is 4.79 Å². The molecule has 0 fully saturated rings. The second kappa shape index (κ2) is 7.07. The monoisotopic (exact) mass is 389 g/mol. The van der Waals surface area contributed by atoms with E-state index >= 15 is 0 Å². The van der Waals surface area contributed by atoms with Gasteiger partial charge in [0.1, 0.15) is 0 Å². The minimum absolute atomic E-state index is 0.0919. The molecule has 0 saturated carbocycles. The van der Waals surface area contributed by atoms with E-state index in [0.717, 1.165) is 11.1 Å². The van der Waals surface area contributed by atoms with Crippen molar-refractivity contribution in [3.8, 4) is 16.8 Å². The van der Waals surface area contributed by atoms with Crippen LogP contribution in [-0.2, 0) is 0 Å². The molecule has 3 amide bonds. The molecule has 0 unspecified atom stereocenters. The first-order valence-electron chi connectivity index (χ1n) is 7.37. The maximum absolute atomic E-state index is 11.5. The summed E-state index contributed by atoms with van der Waals surface area (Å²) in [7, 11) is 0. The molecule has 3 aromatic rings. The van der Waals surface area contributed by atoms with Crippen molar-refractivity contribution in [1.82, 2.24) is 9.78 Å². The van der Waals surface area contributed by atoms with E-state index < -0.39 is 11.9 Å². The maximum Gasteiger partial charge on any atom is 0.316 e. The molecule has 26 heavy (non-hydrogen) atoms. The Labute approximate surface area is 158 Å². The number of amides is 3. The highest BCUT2D eigenvalue weighted by molar-refractivity contribution is 6.43. The molecule has 0 aliphatic rings. The molecular formula is C17H13Cl2N5O2. The minimum Gasteiger partial charge on any atom is -0.364 e. The standard InChI is InChI=1S/C17H13Cl2N5O2/c18-12-3-1-2-11(14(12)19)9-4-6-10(7-5-9)24-8-13(22-17(21)26)15(23-24)16(20)25/h1-8H,(H2,20,25)(H3,21,22,26). The molecular weight excluding hydrogens is 377 g/mol. The van der Waals surface area contributed by atoms with Crippen LogP contribution < -0.4 is 16.8 Å². The Balaban J connectivity index is 1.97. The predicted molar refractivity (Wildman–Crippen MR) is 101 cm³/mol. The van der Waals surface area contributed by atoms with Crippen molar-refractivity contribution in [2.45, 2.75) is 0 Å². The zero-order valence-electron chi connectivity index (χ0n) is 13.2. The van der Waals surface area contributed by atoms with Gasteiger partial charge in [-0.25, -0.2) is 9.48 Å². The Morgan fingerprint density at radius 2 is 1.73 bits per heavy atom. The summed E-state index contributed by atoms with van der Waals surface area (Å²) in [4.78, 5) is 22.5. The van der Waals surface area contributed by atoms with Crippen LogP contribution in [0, 0.1) is 0 Å². The van der Waals surface area contributed by atoms with Crippen molar-refractivity contribution in [1.29, 1.82) is 0 Å². The highest BCUT2D eigenvalue weighted by atomic mass is 35.5. The number of hydrogen-bond donors (Lipinski definition) is 3. The summed E-state index contributed by atoms with van der Waals surface area (Å²) in [6.07, 6.45) is 1.45. The lowest BCUT2D eigenvalue weighted by molar-refractivity contribution is 0.0996. The van der Waals surface area contributed by atoms with Crippen molar-refractivity contribution in [2.75, 3.05) is 5.32 Å². The first-order chi connectivity index (χ1) is 12.4. The quantitative estimate of drug-likeness (QED) is 0.634. The van der Waals surface area contributed by atoms with E-state index in [1.54, 1.807) is 18.2 Å². The van der Waals surface area contributed by atoms with Crippen LogP contribution in [-0.4, -0.2) is 21.7 Å². The highest BCUT2D eigenvalue weighted by Crippen LogP contribution is 2.33. The van der Waals surface area contributed by atoms with E-state index in [-0.39, 0.29) is 11.4 Å². The van der Waals surface area contributed by atoms with Gasteiger partial charge < -0.3 is 16.8 Å². The lowest BCUT2D eigenvalue weighted by Crippen LogP contribution is -2.22. The molecule has 0 saturated heterocycles. The highest BCUT2D eigenvalue weighted by Gasteiger charge is 2.16. The SMILES string of the molecule is NC(=O)Nc1cn(-c2ccc(-c3cccc(Cl)c3Cl)cc2)nc1C(N)=O. The molecule has 0 spiro atoms. The molecule has 0 aliphatic carbocycles. The number of hydrogen-bond acceptors (Lipinski definition) is 3. The summed E-state index contributed by atoms with van der Waals surface area (Å²) < 4.78 is 1.41. The fourth-order valence-electron chi connectivity index (χ4n) is 2.43. The molecule has 5 N–H and O–H groups in total. The van der Waals surface area contributed by atoms with Gasteiger partial charge in [0.15, 0.2) is 5.69 Å². The summed E-state index contributed by atoms with van der Waals surface area (Å²) in [5.41, 5.74) is 12.7. The Bertz CT molecular complexity index is 999. The van der Waals surface area contributed by atoms with Gasteiger partial charge in [-0.15, -0.1) is 0 Å². The van der Waals surface area contributed by atoms with Crippen LogP contribution in [0.4, 0.5) is 10.5 Å². The van der Waals surface area contributed by atoms with Crippen LogP contribution in [0.3, 0.4) is 0 Å². The zero-order chi connectivity index (χ0) is 18.8. The number of halogens is 2. The second-order valence-corrected chi connectivity index (χ2v) is 6.12. The summed E-state index contributed by atoms with van der Waals surface area (Å²) >= 11 is 12.3. The van der Waals surface area contributed by atoms with E-state index in [1.807, 2.05) is 24.3 Å². The van der Waals surface area contributed by atoms with Gasteiger partial charge in [-0.1, -0.05) is 47.5 Å². The molecule has 0 bridgehead atoms. The van der Waals surface area contributed by atoms with Crippen LogP contribution in [0.25, 0.3) is 16.8 Å². The van der Waals surface area contributed by atoms with Crippen molar-refractivity contribution in [3.05, 3.63) is 64.4 Å². The summed E-state index contributed by atoms with van der Waals surface area (Å²) in [5, 5.41) is 7.34. The number of primary amides is 2. The minimum atomic E-state index is -0.821. The number of aromatic nitrogens is 2. The maximum atomic E-state index is 11.5. The van der Waals surface area contributed by atoms with E-state index in [1.165, 1.54) is 10.9 Å². The average molecular weight is 390 g/mol. The largest absolute Gasteiger partial charge is 0.364 e. The molecule has 0 radical (unpaired) electrons. The number of carbonyl (C=O) groups is 2. The number of rotatable bonds is 4. The van der Waals surface area contributed by atoms with E-state index in [9.17, 15) is 9.59 Å². The van der Waals surface area contributed by atoms with Gasteiger partial charge in [0, 0.05) is 5.56 Å². The van der Waals surface area contributed by atoms with Crippen molar-refractivity contribution < 1.29 is 9.59 Å². The normalized spacial score (nSPS) is 10.5. The summed E-state index contributed by atoms with van der Waals surface area (Å²) in [6.45, 7) is 0. The Morgan fingerprint density at radius 3 is 2.35 bits per heavy atom. The third-order valence-electron chi connectivity index (χ3n) is 3.60. The van der Waals surface area contributed by atoms with Gasteiger partial charge in [0.2, 0.25) is 0 Å². The molecule has 1 aromatic heterocycles. The first-order valence-corrected chi connectivity index (χ1v) is 8.13. The van der Waals surface area contributed by atoms with Crippen molar-refractivity contribution >= 4 is 40.8 Å². The fourth-order valence-corrected chi connectivity index (χ4v) is 2.84. The molecule has 132 valence electrons. The zero-order valence-corrected chi connectivity index (χ0v) is 14.8. The van der Waals surface area contributed by atoms with E-state index in [2.05, 4.69) is 10.4 Å². The summed E-state index contributed by atoms with van der Waals surface area (Å²) in [6, 6.07) is 11.8. The van der Waals surface area contributed by atoms with E-state index in [4.69, 9.17) is 34.7 Å². The van der Waals surface area contributed by atoms with Crippen LogP contribution in [0.2, 0.25) is 10.0 Å². The van der Waals surface area contributed by atoms with Crippen LogP contribution in [0.5, 0.6) is 0 Å². The van der Waals surface area contributed by atoms with Crippen LogP contribution in [0.1, 0.15) is 10.5 Å².